The summed E-state index contributed by atoms with van der Waals surface area (Å²) in [6, 6.07) is 9.99. The standard InChI is InChI=1S/C23H13BrF8N2O3.CF2S/c24-15-9-12(21(37,22(27,28)29)23(30,31)32)10-17(26)18(15)34-19(35)11-4-3-5-13(8-11)33-20(36)14-6-1-2-7-16(14)25;2-1(3)4/h1-10,37H,(H,33,36)(H,34,35);. The van der Waals surface area contributed by atoms with E-state index in [1.165, 1.54) is 36.4 Å². The van der Waals surface area contributed by atoms with Gasteiger partial charge in [0.1, 0.15) is 11.6 Å². The second-order valence-electron chi connectivity index (χ2n) is 7.72. The van der Waals surface area contributed by atoms with Crippen molar-refractivity contribution in [1.82, 2.24) is 0 Å². The van der Waals surface area contributed by atoms with Crippen LogP contribution in [0.5, 0.6) is 0 Å². The molecule has 3 aromatic carbocycles. The Morgan fingerprint density at radius 1 is 0.780 bits per heavy atom. The highest BCUT2D eigenvalue weighted by Gasteiger charge is 2.71. The molecule has 3 aromatic rings. The fourth-order valence-electron chi connectivity index (χ4n) is 3.16. The molecule has 0 atom stereocenters. The van der Waals surface area contributed by atoms with Gasteiger partial charge in [-0.1, -0.05) is 18.2 Å². The van der Waals surface area contributed by atoms with Crippen molar-refractivity contribution in [3.63, 3.8) is 0 Å². The van der Waals surface area contributed by atoms with Gasteiger partial charge in [-0.15, -0.1) is 0 Å². The van der Waals surface area contributed by atoms with E-state index in [2.05, 4.69) is 33.5 Å². The number of hydrogen-bond donors (Lipinski definition) is 3. The first kappa shape index (κ1) is 33.6. The van der Waals surface area contributed by atoms with Crippen LogP contribution >= 0.6 is 28.1 Å². The largest absolute Gasteiger partial charge is 0.430 e. The molecule has 5 nitrogen and oxygen atoms in total. The molecule has 0 radical (unpaired) electrons. The molecule has 0 bridgehead atoms. The first-order valence-electron chi connectivity index (χ1n) is 10.5. The highest BCUT2D eigenvalue weighted by atomic mass is 79.9. The highest BCUT2D eigenvalue weighted by molar-refractivity contribution is 9.10. The molecule has 17 heteroatoms. The van der Waals surface area contributed by atoms with E-state index in [1.807, 2.05) is 5.32 Å². The van der Waals surface area contributed by atoms with Gasteiger partial charge in [0.25, 0.3) is 17.4 Å². The maximum atomic E-state index is 14.6. The molecular weight excluding hydrogens is 666 g/mol. The van der Waals surface area contributed by atoms with Crippen molar-refractivity contribution in [2.75, 3.05) is 10.6 Å². The van der Waals surface area contributed by atoms with E-state index >= 15 is 0 Å². The lowest BCUT2D eigenvalue weighted by molar-refractivity contribution is -0.376. The summed E-state index contributed by atoms with van der Waals surface area (Å²) in [6.07, 6.45) is -12.5. The molecule has 0 fully saturated rings. The number of benzene rings is 3. The molecule has 0 saturated heterocycles. The molecule has 0 spiro atoms. The normalized spacial score (nSPS) is 11.7. The summed E-state index contributed by atoms with van der Waals surface area (Å²) in [4.78, 5) is 24.9. The number of rotatable bonds is 5. The number of thiocarbonyl (C=S) groups is 1. The Labute approximate surface area is 237 Å². The van der Waals surface area contributed by atoms with E-state index in [-0.39, 0.29) is 28.9 Å². The first-order chi connectivity index (χ1) is 18.8. The summed E-state index contributed by atoms with van der Waals surface area (Å²) in [5, 5.41) is 11.8. The number of carbonyl (C=O) groups is 2. The highest BCUT2D eigenvalue weighted by Crippen LogP contribution is 2.51. The van der Waals surface area contributed by atoms with Crippen molar-refractivity contribution in [2.24, 2.45) is 0 Å². The maximum absolute atomic E-state index is 14.6. The second kappa shape index (κ2) is 12.9. The molecule has 0 aromatic heterocycles. The van der Waals surface area contributed by atoms with Crippen molar-refractivity contribution in [3.05, 3.63) is 93.5 Å². The number of amides is 2. The number of hydrogen-bond acceptors (Lipinski definition) is 4. The first-order valence-corrected chi connectivity index (χ1v) is 11.7. The van der Waals surface area contributed by atoms with Crippen molar-refractivity contribution in [2.45, 2.75) is 18.0 Å². The van der Waals surface area contributed by atoms with Crippen molar-refractivity contribution in [1.29, 1.82) is 0 Å². The fraction of sp³-hybridized carbons (Fsp3) is 0.125. The molecule has 3 N–H and O–H groups in total. The third-order valence-corrected chi connectivity index (χ3v) is 5.65. The van der Waals surface area contributed by atoms with Crippen LogP contribution in [0.3, 0.4) is 0 Å². The summed E-state index contributed by atoms with van der Waals surface area (Å²) in [5.74, 6) is -4.42. The van der Waals surface area contributed by atoms with Gasteiger partial charge in [0.15, 0.2) is 0 Å². The van der Waals surface area contributed by atoms with Crippen molar-refractivity contribution >= 4 is 56.7 Å². The van der Waals surface area contributed by atoms with Gasteiger partial charge in [0, 0.05) is 21.3 Å². The Morgan fingerprint density at radius 3 is 1.85 bits per heavy atom. The minimum atomic E-state index is -6.24. The minimum absolute atomic E-state index is 0.0243. The molecule has 0 aliphatic carbocycles. The fourth-order valence-corrected chi connectivity index (χ4v) is 3.69. The van der Waals surface area contributed by atoms with Gasteiger partial charge in [0.2, 0.25) is 0 Å². The van der Waals surface area contributed by atoms with E-state index in [0.717, 1.165) is 12.1 Å². The topological polar surface area (TPSA) is 78.4 Å². The summed E-state index contributed by atoms with van der Waals surface area (Å²) >= 11 is 5.82. The average Bonchev–Trinajstić information content (AvgIpc) is 2.84. The number of carbonyl (C=O) groups excluding carboxylic acids is 2. The zero-order valence-corrected chi connectivity index (χ0v) is 22.0. The summed E-state index contributed by atoms with van der Waals surface area (Å²) < 4.78 is 126. The van der Waals surface area contributed by atoms with Crippen molar-refractivity contribution < 1.29 is 58.6 Å². The van der Waals surface area contributed by atoms with E-state index in [1.54, 1.807) is 0 Å². The summed E-state index contributed by atoms with van der Waals surface area (Å²) in [5.41, 5.74) is -8.54. The summed E-state index contributed by atoms with van der Waals surface area (Å²) in [6.45, 7) is 0. The van der Waals surface area contributed by atoms with Crippen molar-refractivity contribution in [3.8, 4) is 0 Å². The second-order valence-corrected chi connectivity index (χ2v) is 8.88. The molecule has 0 saturated carbocycles. The van der Waals surface area contributed by atoms with Gasteiger partial charge in [-0.25, -0.2) is 8.78 Å². The summed E-state index contributed by atoms with van der Waals surface area (Å²) in [7, 11) is 0. The van der Waals surface area contributed by atoms with Gasteiger partial charge >= 0.3 is 17.7 Å². The minimum Gasteiger partial charge on any atom is -0.369 e. The van der Waals surface area contributed by atoms with Crippen LogP contribution in [0.2, 0.25) is 0 Å². The molecule has 41 heavy (non-hydrogen) atoms. The van der Waals surface area contributed by atoms with E-state index in [9.17, 15) is 58.6 Å². The van der Waals surface area contributed by atoms with E-state index in [0.29, 0.717) is 0 Å². The van der Waals surface area contributed by atoms with Crippen LogP contribution in [0.4, 0.5) is 55.3 Å². The predicted octanol–water partition coefficient (Wildman–Crippen LogP) is 7.75. The maximum Gasteiger partial charge on any atom is 0.430 e. The molecule has 3 rings (SSSR count). The van der Waals surface area contributed by atoms with Crippen LogP contribution in [0.1, 0.15) is 26.3 Å². The molecule has 220 valence electrons. The molecule has 0 unspecified atom stereocenters. The van der Waals surface area contributed by atoms with Gasteiger partial charge < -0.3 is 15.7 Å². The molecule has 2 amide bonds. The third-order valence-electron chi connectivity index (χ3n) is 5.02. The van der Waals surface area contributed by atoms with Crippen LogP contribution in [0, 0.1) is 11.6 Å². The average molecular weight is 679 g/mol. The Morgan fingerprint density at radius 2 is 1.34 bits per heavy atom. The van der Waals surface area contributed by atoms with E-state index < -0.39 is 62.5 Å². The van der Waals surface area contributed by atoms with Crippen LogP contribution < -0.4 is 10.6 Å². The molecule has 0 aliphatic rings. The number of halogens is 11. The lowest BCUT2D eigenvalue weighted by Crippen LogP contribution is -2.54. The number of anilines is 2. The van der Waals surface area contributed by atoms with E-state index in [4.69, 9.17) is 0 Å². The van der Waals surface area contributed by atoms with Gasteiger partial charge in [0.05, 0.1) is 11.3 Å². The Kier molecular flexibility index (Phi) is 10.6. The van der Waals surface area contributed by atoms with Gasteiger partial charge in [-0.05, 0) is 70.6 Å². The molecular formula is C24H13BrF10N2O3S. The van der Waals surface area contributed by atoms with Crippen LogP contribution in [0.15, 0.2) is 65.1 Å². The SMILES string of the molecule is FC(F)=S.O=C(Nc1c(F)cc(C(O)(C(F)(F)F)C(F)(F)F)cc1Br)c1cccc(NC(=O)c2ccccc2F)c1. The number of aliphatic hydroxyl groups is 1. The Hall–Kier alpha value is -3.57. The predicted molar refractivity (Wildman–Crippen MR) is 134 cm³/mol. The Bertz CT molecular complexity index is 1420. The smallest absolute Gasteiger partial charge is 0.369 e. The Balaban J connectivity index is 0.00000138. The number of alkyl halides is 6. The zero-order valence-electron chi connectivity index (χ0n) is 19.6. The zero-order chi connectivity index (χ0) is 31.3. The lowest BCUT2D eigenvalue weighted by Gasteiger charge is -2.33. The van der Waals surface area contributed by atoms with Crippen LogP contribution in [0.25, 0.3) is 0 Å². The molecule has 0 aliphatic heterocycles. The molecule has 0 heterocycles. The monoisotopic (exact) mass is 678 g/mol. The van der Waals surface area contributed by atoms with Crippen LogP contribution in [-0.2, 0) is 5.60 Å². The lowest BCUT2D eigenvalue weighted by atomic mass is 9.92. The van der Waals surface area contributed by atoms with Gasteiger partial charge in [-0.3, -0.25) is 9.59 Å². The van der Waals surface area contributed by atoms with Crippen LogP contribution in [-0.4, -0.2) is 34.6 Å². The third kappa shape index (κ3) is 8.01. The number of nitrogens with one attached hydrogen (secondary N) is 2. The quantitative estimate of drug-likeness (QED) is 0.147. The van der Waals surface area contributed by atoms with Gasteiger partial charge in [-0.2, -0.15) is 35.1 Å².